The number of hydrogen-bond donors (Lipinski definition) is 2. The highest BCUT2D eigenvalue weighted by Crippen LogP contribution is 2.29. The number of benzene rings is 2. The minimum absolute atomic E-state index is 0.0383. The largest absolute Gasteiger partial charge is 0.495 e. The number of amides is 1. The van der Waals surface area contributed by atoms with E-state index in [0.717, 1.165) is 17.4 Å². The Morgan fingerprint density at radius 3 is 2.58 bits per heavy atom. The number of halogens is 3. The number of hydrogen-bond acceptors (Lipinski definition) is 5. The highest BCUT2D eigenvalue weighted by Gasteiger charge is 2.30. The van der Waals surface area contributed by atoms with Crippen molar-refractivity contribution in [3.63, 3.8) is 0 Å². The molecule has 1 aliphatic heterocycles. The summed E-state index contributed by atoms with van der Waals surface area (Å²) in [5.41, 5.74) is 8.13. The van der Waals surface area contributed by atoms with Gasteiger partial charge < -0.3 is 30.2 Å². The Hall–Kier alpha value is -3.84. The van der Waals surface area contributed by atoms with Crippen LogP contribution in [0.4, 0.5) is 24.5 Å². The first-order valence-corrected chi connectivity index (χ1v) is 12.4. The fraction of sp³-hybridized carbons (Fsp3) is 0.393. The Bertz CT molecular complexity index is 1360. The lowest BCUT2D eigenvalue weighted by Crippen LogP contribution is -2.44. The number of alkyl halides is 3. The van der Waals surface area contributed by atoms with Crippen LogP contribution in [0, 0.1) is 11.8 Å². The molecule has 202 valence electrons. The maximum atomic E-state index is 13.2. The Balaban J connectivity index is 1.46. The minimum atomic E-state index is -4.40. The van der Waals surface area contributed by atoms with E-state index in [1.807, 2.05) is 4.90 Å². The molecule has 1 aliphatic rings. The van der Waals surface area contributed by atoms with Crippen molar-refractivity contribution in [2.24, 2.45) is 0 Å². The van der Waals surface area contributed by atoms with Crippen molar-refractivity contribution in [1.82, 2.24) is 14.4 Å². The van der Waals surface area contributed by atoms with E-state index in [1.54, 1.807) is 42.5 Å². The standard InChI is InChI=1S/C28H32F3N5O2/c1-34(2)20-11-14-35(15-12-20)27(37)19-9-10-24(26(16-19)38-3)33-13-5-6-21-17-22-23(32)7-4-8-25(22)36(21)18-28(29,30)31/h4,7-10,16-17,20,33H,11-15,18,32H2,1-3H3. The van der Waals surface area contributed by atoms with Crippen LogP contribution in [0.1, 0.15) is 28.9 Å². The Morgan fingerprint density at radius 2 is 1.92 bits per heavy atom. The molecule has 38 heavy (non-hydrogen) atoms. The smallest absolute Gasteiger partial charge is 0.406 e. The van der Waals surface area contributed by atoms with Crippen molar-refractivity contribution >= 4 is 28.2 Å². The van der Waals surface area contributed by atoms with Crippen LogP contribution in [0.5, 0.6) is 5.75 Å². The van der Waals surface area contributed by atoms with E-state index >= 15 is 0 Å². The third-order valence-electron chi connectivity index (χ3n) is 6.83. The molecule has 0 unspecified atom stereocenters. The summed E-state index contributed by atoms with van der Waals surface area (Å²) < 4.78 is 46.3. The lowest BCUT2D eigenvalue weighted by Gasteiger charge is -2.35. The van der Waals surface area contributed by atoms with E-state index in [2.05, 4.69) is 36.2 Å². The van der Waals surface area contributed by atoms with Crippen LogP contribution in [0.2, 0.25) is 0 Å². The number of likely N-dealkylation sites (tertiary alicyclic amines) is 1. The number of nitrogen functional groups attached to an aromatic ring is 1. The van der Waals surface area contributed by atoms with E-state index in [4.69, 9.17) is 10.5 Å². The molecule has 4 rings (SSSR count). The van der Waals surface area contributed by atoms with Gasteiger partial charge in [-0.1, -0.05) is 12.0 Å². The molecule has 0 radical (unpaired) electrons. The zero-order valence-corrected chi connectivity index (χ0v) is 21.7. The van der Waals surface area contributed by atoms with Crippen LogP contribution < -0.4 is 15.8 Å². The molecule has 0 saturated carbocycles. The fourth-order valence-corrected chi connectivity index (χ4v) is 4.77. The van der Waals surface area contributed by atoms with Crippen molar-refractivity contribution < 1.29 is 22.7 Å². The third kappa shape index (κ3) is 6.17. The van der Waals surface area contributed by atoms with E-state index in [1.165, 1.54) is 7.11 Å². The van der Waals surface area contributed by atoms with Crippen molar-refractivity contribution in [1.29, 1.82) is 0 Å². The van der Waals surface area contributed by atoms with E-state index in [-0.39, 0.29) is 18.1 Å². The number of methoxy groups -OCH3 is 1. The molecule has 3 aromatic rings. The molecule has 1 saturated heterocycles. The normalized spacial score (nSPS) is 14.4. The van der Waals surface area contributed by atoms with Crippen LogP contribution in [-0.4, -0.2) is 73.3 Å². The number of nitrogens with two attached hydrogens (primary N) is 1. The molecule has 10 heteroatoms. The second kappa shape index (κ2) is 11.3. The van der Waals surface area contributed by atoms with Crippen molar-refractivity contribution in [2.45, 2.75) is 31.6 Å². The predicted octanol–water partition coefficient (Wildman–Crippen LogP) is 4.42. The number of anilines is 2. The molecule has 0 atom stereocenters. The second-order valence-corrected chi connectivity index (χ2v) is 9.57. The molecule has 1 aromatic heterocycles. The lowest BCUT2D eigenvalue weighted by atomic mass is 10.0. The van der Waals surface area contributed by atoms with Gasteiger partial charge in [0.15, 0.2) is 0 Å². The van der Waals surface area contributed by atoms with Gasteiger partial charge in [0, 0.05) is 35.8 Å². The monoisotopic (exact) mass is 527 g/mol. The van der Waals surface area contributed by atoms with Gasteiger partial charge >= 0.3 is 6.18 Å². The van der Waals surface area contributed by atoms with Gasteiger partial charge in [0.05, 0.1) is 30.6 Å². The first kappa shape index (κ1) is 27.2. The molecule has 1 fully saturated rings. The number of aromatic nitrogens is 1. The predicted molar refractivity (Wildman–Crippen MR) is 143 cm³/mol. The Morgan fingerprint density at radius 1 is 1.18 bits per heavy atom. The molecular formula is C28H32F3N5O2. The van der Waals surface area contributed by atoms with E-state index < -0.39 is 12.7 Å². The van der Waals surface area contributed by atoms with Crippen LogP contribution in [-0.2, 0) is 6.54 Å². The maximum absolute atomic E-state index is 13.2. The summed E-state index contributed by atoms with van der Waals surface area (Å²) in [4.78, 5) is 17.1. The van der Waals surface area contributed by atoms with Crippen molar-refractivity contribution in [2.75, 3.05) is 51.9 Å². The summed E-state index contributed by atoms with van der Waals surface area (Å²) in [6.45, 7) is 0.408. The number of nitrogens with one attached hydrogen (secondary N) is 1. The summed E-state index contributed by atoms with van der Waals surface area (Å²) in [5.74, 6) is 6.17. The quantitative estimate of drug-likeness (QED) is 0.367. The van der Waals surface area contributed by atoms with Gasteiger partial charge in [0.25, 0.3) is 5.91 Å². The van der Waals surface area contributed by atoms with Crippen LogP contribution in [0.15, 0.2) is 42.5 Å². The van der Waals surface area contributed by atoms with Gasteiger partial charge in [-0.2, -0.15) is 13.2 Å². The highest BCUT2D eigenvalue weighted by atomic mass is 19.4. The summed E-state index contributed by atoms with van der Waals surface area (Å²) in [6.07, 6.45) is -2.54. The van der Waals surface area contributed by atoms with Crippen molar-refractivity contribution in [3.05, 3.63) is 53.7 Å². The van der Waals surface area contributed by atoms with Gasteiger partial charge in [-0.05, 0) is 69.3 Å². The van der Waals surface area contributed by atoms with Gasteiger partial charge in [0.1, 0.15) is 12.3 Å². The Labute approximate surface area is 220 Å². The van der Waals surface area contributed by atoms with Crippen molar-refractivity contribution in [3.8, 4) is 17.6 Å². The maximum Gasteiger partial charge on any atom is 0.406 e. The van der Waals surface area contributed by atoms with Crippen LogP contribution in [0.3, 0.4) is 0 Å². The number of fused-ring (bicyclic) bond motifs is 1. The Kier molecular flexibility index (Phi) is 8.07. The molecule has 3 N–H and O–H groups in total. The third-order valence-corrected chi connectivity index (χ3v) is 6.83. The number of ether oxygens (including phenoxy) is 1. The van der Waals surface area contributed by atoms with E-state index in [0.29, 0.717) is 52.7 Å². The first-order valence-electron chi connectivity index (χ1n) is 12.4. The van der Waals surface area contributed by atoms with Gasteiger partial charge in [-0.25, -0.2) is 0 Å². The van der Waals surface area contributed by atoms with Crippen LogP contribution in [0.25, 0.3) is 10.9 Å². The molecule has 1 amide bonds. The summed E-state index contributed by atoms with van der Waals surface area (Å²) in [5, 5.41) is 3.66. The first-order chi connectivity index (χ1) is 18.1. The highest BCUT2D eigenvalue weighted by molar-refractivity contribution is 5.95. The number of carbonyl (C=O) groups is 1. The van der Waals surface area contributed by atoms with Gasteiger partial charge in [0.2, 0.25) is 0 Å². The average Bonchev–Trinajstić information content (AvgIpc) is 3.23. The number of rotatable bonds is 6. The zero-order valence-electron chi connectivity index (χ0n) is 21.7. The lowest BCUT2D eigenvalue weighted by molar-refractivity contribution is -0.140. The molecule has 7 nitrogen and oxygen atoms in total. The van der Waals surface area contributed by atoms with Crippen LogP contribution >= 0.6 is 0 Å². The number of nitrogens with zero attached hydrogens (tertiary/aromatic N) is 3. The summed E-state index contributed by atoms with van der Waals surface area (Å²) >= 11 is 0. The fourth-order valence-electron chi connectivity index (χ4n) is 4.77. The SMILES string of the molecule is COc1cc(C(=O)N2CCC(N(C)C)CC2)ccc1NCC#Cc1cc2c(N)cccc2n1CC(F)(F)F. The molecule has 0 aliphatic carbocycles. The number of carbonyl (C=O) groups excluding carboxylic acids is 1. The van der Waals surface area contributed by atoms with Gasteiger partial charge in [-0.15, -0.1) is 0 Å². The minimum Gasteiger partial charge on any atom is -0.495 e. The zero-order chi connectivity index (χ0) is 27.4. The molecule has 2 heterocycles. The summed E-state index contributed by atoms with van der Waals surface area (Å²) in [6, 6.07) is 12.1. The number of piperidine rings is 1. The molecule has 0 spiro atoms. The molecule has 2 aromatic carbocycles. The topological polar surface area (TPSA) is 75.8 Å². The average molecular weight is 528 g/mol. The summed E-state index contributed by atoms with van der Waals surface area (Å²) in [7, 11) is 5.63. The van der Waals surface area contributed by atoms with E-state index in [9.17, 15) is 18.0 Å². The molecular weight excluding hydrogens is 495 g/mol. The molecule has 0 bridgehead atoms. The van der Waals surface area contributed by atoms with Gasteiger partial charge in [-0.3, -0.25) is 4.79 Å². The second-order valence-electron chi connectivity index (χ2n) is 9.57.